The van der Waals surface area contributed by atoms with Crippen LogP contribution in [0.2, 0.25) is 0 Å². The number of hydrogen-bond acceptors (Lipinski definition) is 1. The van der Waals surface area contributed by atoms with Crippen molar-refractivity contribution in [2.75, 3.05) is 5.88 Å². The van der Waals surface area contributed by atoms with Gasteiger partial charge in [0.2, 0.25) is 5.91 Å². The van der Waals surface area contributed by atoms with Gasteiger partial charge in [-0.05, 0) is 31.6 Å². The lowest BCUT2D eigenvalue weighted by molar-refractivity contribution is -0.126. The van der Waals surface area contributed by atoms with E-state index in [9.17, 15) is 4.79 Å². The van der Waals surface area contributed by atoms with Gasteiger partial charge in [0.1, 0.15) is 0 Å². The number of rotatable bonds is 4. The van der Waals surface area contributed by atoms with Crippen molar-refractivity contribution in [3.05, 3.63) is 5.92 Å². The third kappa shape index (κ3) is 1.33. The van der Waals surface area contributed by atoms with Crippen LogP contribution in [0.25, 0.3) is 0 Å². The summed E-state index contributed by atoms with van der Waals surface area (Å²) >= 11 is 5.49. The van der Waals surface area contributed by atoms with Crippen molar-refractivity contribution in [2.24, 2.45) is 0 Å². The first-order chi connectivity index (χ1) is 5.74. The average Bonchev–Trinajstić information content (AvgIpc) is 1.90. The summed E-state index contributed by atoms with van der Waals surface area (Å²) < 4.78 is 0. The van der Waals surface area contributed by atoms with Crippen LogP contribution in [-0.2, 0) is 4.79 Å². The van der Waals surface area contributed by atoms with E-state index in [-0.39, 0.29) is 11.4 Å². The lowest BCUT2D eigenvalue weighted by Gasteiger charge is -2.61. The Bertz CT molecular complexity index is 188. The molecule has 0 heterocycles. The summed E-state index contributed by atoms with van der Waals surface area (Å²) in [6, 6.07) is 0. The Hall–Kier alpha value is -0.240. The highest BCUT2D eigenvalue weighted by Crippen LogP contribution is 2.58. The predicted octanol–water partition coefficient (Wildman–Crippen LogP) is 1.63. The van der Waals surface area contributed by atoms with Crippen molar-refractivity contribution in [3.8, 4) is 0 Å². The summed E-state index contributed by atoms with van der Waals surface area (Å²) in [5, 5.41) is 3.08. The van der Waals surface area contributed by atoms with Crippen LogP contribution >= 0.6 is 11.6 Å². The average molecular weight is 187 g/mol. The highest BCUT2D eigenvalue weighted by molar-refractivity contribution is 6.17. The Morgan fingerprint density at radius 1 is 1.50 bits per heavy atom. The number of carbonyl (C=O) groups is 1. The monoisotopic (exact) mass is 186 g/mol. The smallest absolute Gasteiger partial charge is 0.220 e. The fourth-order valence-electron chi connectivity index (χ4n) is 2.00. The Kier molecular flexibility index (Phi) is 2.03. The molecule has 3 aliphatic carbocycles. The Morgan fingerprint density at radius 2 is 2.17 bits per heavy atom. The molecule has 0 aromatic heterocycles. The molecule has 3 heteroatoms. The van der Waals surface area contributed by atoms with Gasteiger partial charge in [0.15, 0.2) is 0 Å². The van der Waals surface area contributed by atoms with Crippen molar-refractivity contribution in [2.45, 2.75) is 37.6 Å². The van der Waals surface area contributed by atoms with Crippen molar-refractivity contribution in [1.82, 2.24) is 5.32 Å². The minimum atomic E-state index is 0.175. The minimum Gasteiger partial charge on any atom is -0.351 e. The summed E-state index contributed by atoms with van der Waals surface area (Å²) in [5.74, 6) is 2.37. The van der Waals surface area contributed by atoms with Crippen molar-refractivity contribution < 1.29 is 4.79 Å². The second kappa shape index (κ2) is 2.91. The molecule has 0 atom stereocenters. The molecule has 0 aliphatic heterocycles. The molecule has 12 heavy (non-hydrogen) atoms. The molecule has 1 N–H and O–H groups in total. The SMILES string of the molecule is O=C(CCCCl)NC12C[C](C1)C2. The van der Waals surface area contributed by atoms with Gasteiger partial charge < -0.3 is 5.32 Å². The predicted molar refractivity (Wildman–Crippen MR) is 47.9 cm³/mol. The molecule has 0 unspecified atom stereocenters. The fraction of sp³-hybridized carbons (Fsp3) is 0.778. The molecule has 2 bridgehead atoms. The van der Waals surface area contributed by atoms with Crippen LogP contribution in [0, 0.1) is 5.92 Å². The second-order valence-electron chi connectivity index (χ2n) is 3.90. The lowest BCUT2D eigenvalue weighted by atomic mass is 9.50. The summed E-state index contributed by atoms with van der Waals surface area (Å²) in [7, 11) is 0. The lowest BCUT2D eigenvalue weighted by Crippen LogP contribution is -2.67. The quantitative estimate of drug-likeness (QED) is 0.665. The molecule has 3 fully saturated rings. The number of amides is 1. The summed E-state index contributed by atoms with van der Waals surface area (Å²) in [6.07, 6.45) is 4.79. The Balaban J connectivity index is 1.68. The summed E-state index contributed by atoms with van der Waals surface area (Å²) in [6.45, 7) is 0. The molecule has 3 rings (SSSR count). The van der Waals surface area contributed by atoms with E-state index in [1.54, 1.807) is 5.92 Å². The zero-order chi connectivity index (χ0) is 8.60. The van der Waals surface area contributed by atoms with E-state index in [1.165, 1.54) is 0 Å². The zero-order valence-corrected chi connectivity index (χ0v) is 7.78. The van der Waals surface area contributed by atoms with Crippen molar-refractivity contribution >= 4 is 17.5 Å². The normalized spacial score (nSPS) is 24.1. The maximum atomic E-state index is 11.3. The highest BCUT2D eigenvalue weighted by atomic mass is 35.5. The number of carbonyl (C=O) groups excluding carboxylic acids is 1. The molecular formula is C9H13ClNO. The summed E-state index contributed by atoms with van der Waals surface area (Å²) in [5.41, 5.74) is 0.207. The first-order valence-corrected chi connectivity index (χ1v) is 4.98. The first kappa shape index (κ1) is 8.36. The number of nitrogens with one attached hydrogen (secondary N) is 1. The molecule has 3 saturated carbocycles. The van der Waals surface area contributed by atoms with Gasteiger partial charge in [-0.1, -0.05) is 0 Å². The zero-order valence-electron chi connectivity index (χ0n) is 7.03. The van der Waals surface area contributed by atoms with Gasteiger partial charge in [0, 0.05) is 17.8 Å². The van der Waals surface area contributed by atoms with Gasteiger partial charge in [-0.3, -0.25) is 4.79 Å². The molecule has 0 aromatic carbocycles. The van der Waals surface area contributed by atoms with Crippen LogP contribution < -0.4 is 5.32 Å². The number of hydrogen-bond donors (Lipinski definition) is 1. The van der Waals surface area contributed by atoms with Crippen LogP contribution in [0.5, 0.6) is 0 Å². The van der Waals surface area contributed by atoms with Crippen molar-refractivity contribution in [1.29, 1.82) is 0 Å². The molecule has 3 aliphatic rings. The van der Waals surface area contributed by atoms with Crippen molar-refractivity contribution in [3.63, 3.8) is 0 Å². The molecule has 0 aromatic rings. The molecule has 1 radical (unpaired) electrons. The van der Waals surface area contributed by atoms with Gasteiger partial charge in [0.25, 0.3) is 0 Å². The van der Waals surface area contributed by atoms with Crippen LogP contribution in [0.3, 0.4) is 0 Å². The molecule has 0 spiro atoms. The van der Waals surface area contributed by atoms with E-state index in [2.05, 4.69) is 5.32 Å². The highest BCUT2D eigenvalue weighted by Gasteiger charge is 2.57. The van der Waals surface area contributed by atoms with E-state index in [0.29, 0.717) is 12.3 Å². The molecule has 67 valence electrons. The van der Waals surface area contributed by atoms with Crippen LogP contribution in [0.4, 0.5) is 0 Å². The van der Waals surface area contributed by atoms with Gasteiger partial charge in [-0.15, -0.1) is 11.6 Å². The second-order valence-corrected chi connectivity index (χ2v) is 4.28. The van der Waals surface area contributed by atoms with Gasteiger partial charge in [-0.2, -0.15) is 0 Å². The van der Waals surface area contributed by atoms with Gasteiger partial charge in [-0.25, -0.2) is 0 Å². The minimum absolute atomic E-state index is 0.175. The molecule has 2 nitrogen and oxygen atoms in total. The first-order valence-electron chi connectivity index (χ1n) is 4.45. The number of halogens is 1. The Morgan fingerprint density at radius 3 is 2.58 bits per heavy atom. The van der Waals surface area contributed by atoms with Gasteiger partial charge in [0.05, 0.1) is 0 Å². The standard InChI is InChI=1S/C9H13ClNO/c10-3-1-2-8(12)11-9-4-7(5-9)6-9/h1-6H2,(H,11,12). The van der Waals surface area contributed by atoms with E-state index in [4.69, 9.17) is 11.6 Å². The van der Waals surface area contributed by atoms with E-state index >= 15 is 0 Å². The maximum absolute atomic E-state index is 11.3. The Labute approximate surface area is 77.7 Å². The summed E-state index contributed by atoms with van der Waals surface area (Å²) in [4.78, 5) is 11.3. The molecule has 1 amide bonds. The molecule has 0 saturated heterocycles. The van der Waals surface area contributed by atoms with Crippen LogP contribution in [0.1, 0.15) is 32.1 Å². The third-order valence-electron chi connectivity index (χ3n) is 2.71. The largest absolute Gasteiger partial charge is 0.351 e. The van der Waals surface area contributed by atoms with Gasteiger partial charge >= 0.3 is 0 Å². The third-order valence-corrected chi connectivity index (χ3v) is 2.97. The maximum Gasteiger partial charge on any atom is 0.220 e. The van der Waals surface area contributed by atoms with Crippen LogP contribution in [-0.4, -0.2) is 17.3 Å². The van der Waals surface area contributed by atoms with Crippen LogP contribution in [0.15, 0.2) is 0 Å². The topological polar surface area (TPSA) is 29.1 Å². The van der Waals surface area contributed by atoms with E-state index in [1.807, 2.05) is 0 Å². The fourth-order valence-corrected chi connectivity index (χ4v) is 2.13. The van der Waals surface area contributed by atoms with E-state index < -0.39 is 0 Å². The molecular weight excluding hydrogens is 174 g/mol. The van der Waals surface area contributed by atoms with E-state index in [0.717, 1.165) is 25.7 Å². The number of alkyl halides is 1.